The number of aromatic nitrogens is 1. The number of amides is 1. The topological polar surface area (TPSA) is 68.0 Å². The van der Waals surface area contributed by atoms with Crippen molar-refractivity contribution < 1.29 is 4.79 Å². The van der Waals surface area contributed by atoms with Gasteiger partial charge in [0.25, 0.3) is 0 Å². The van der Waals surface area contributed by atoms with Crippen LogP contribution in [0.1, 0.15) is 31.7 Å². The van der Waals surface area contributed by atoms with Crippen LogP contribution in [-0.2, 0) is 4.79 Å². The van der Waals surface area contributed by atoms with Crippen LogP contribution in [-0.4, -0.2) is 16.9 Å². The van der Waals surface area contributed by atoms with E-state index in [9.17, 15) is 4.79 Å². The first kappa shape index (κ1) is 12.0. The minimum Gasteiger partial charge on any atom is -0.327 e. The van der Waals surface area contributed by atoms with E-state index in [-0.39, 0.29) is 11.9 Å². The van der Waals surface area contributed by atoms with Crippen LogP contribution in [0.4, 0.5) is 5.82 Å². The van der Waals surface area contributed by atoms with Crippen LogP contribution in [0, 0.1) is 12.3 Å². The summed E-state index contributed by atoms with van der Waals surface area (Å²) in [6.07, 6.45) is 4.49. The predicted molar refractivity (Wildman–Crippen MR) is 67.5 cm³/mol. The van der Waals surface area contributed by atoms with Crippen molar-refractivity contribution in [2.75, 3.05) is 5.32 Å². The first-order valence-corrected chi connectivity index (χ1v) is 6.02. The molecule has 92 valence electrons. The van der Waals surface area contributed by atoms with Crippen LogP contribution < -0.4 is 11.1 Å². The van der Waals surface area contributed by atoms with E-state index in [4.69, 9.17) is 5.73 Å². The van der Waals surface area contributed by atoms with Crippen molar-refractivity contribution in [3.63, 3.8) is 0 Å². The molecule has 0 bridgehead atoms. The first-order valence-electron chi connectivity index (χ1n) is 6.02. The number of hydrogen-bond acceptors (Lipinski definition) is 3. The summed E-state index contributed by atoms with van der Waals surface area (Å²) in [6.45, 7) is 3.91. The van der Waals surface area contributed by atoms with E-state index in [0.717, 1.165) is 24.8 Å². The Kier molecular flexibility index (Phi) is 3.15. The molecule has 17 heavy (non-hydrogen) atoms. The molecular formula is C13H19N3O. The minimum atomic E-state index is -0.453. The molecule has 1 amide bonds. The number of rotatable bonds is 2. The number of hydrogen-bond donors (Lipinski definition) is 2. The minimum absolute atomic E-state index is 0.0133. The summed E-state index contributed by atoms with van der Waals surface area (Å²) < 4.78 is 0. The molecule has 2 rings (SSSR count). The quantitative estimate of drug-likeness (QED) is 0.819. The number of anilines is 1. The summed E-state index contributed by atoms with van der Waals surface area (Å²) >= 11 is 0. The molecule has 0 aromatic carbocycles. The van der Waals surface area contributed by atoms with Gasteiger partial charge in [0, 0.05) is 12.2 Å². The van der Waals surface area contributed by atoms with Gasteiger partial charge in [-0.3, -0.25) is 4.79 Å². The van der Waals surface area contributed by atoms with Gasteiger partial charge in [0.15, 0.2) is 0 Å². The monoisotopic (exact) mass is 233 g/mol. The van der Waals surface area contributed by atoms with Crippen LogP contribution in [0.3, 0.4) is 0 Å². The van der Waals surface area contributed by atoms with E-state index in [1.807, 2.05) is 26.0 Å². The maximum absolute atomic E-state index is 12.2. The van der Waals surface area contributed by atoms with Crippen molar-refractivity contribution in [3.8, 4) is 0 Å². The molecule has 2 unspecified atom stereocenters. The lowest BCUT2D eigenvalue weighted by molar-refractivity contribution is -0.125. The van der Waals surface area contributed by atoms with E-state index in [1.165, 1.54) is 0 Å². The summed E-state index contributed by atoms with van der Waals surface area (Å²) in [7, 11) is 0. The van der Waals surface area contributed by atoms with E-state index in [0.29, 0.717) is 5.82 Å². The number of nitrogens with two attached hydrogens (primary N) is 1. The molecule has 1 aromatic rings. The molecule has 4 nitrogen and oxygen atoms in total. The average Bonchev–Trinajstić information content (AvgIpc) is 2.60. The zero-order valence-electron chi connectivity index (χ0n) is 10.4. The molecule has 2 atom stereocenters. The molecule has 0 aliphatic heterocycles. The van der Waals surface area contributed by atoms with Crippen molar-refractivity contribution in [3.05, 3.63) is 23.9 Å². The maximum atomic E-state index is 12.2. The number of carbonyl (C=O) groups excluding carboxylic acids is 1. The number of aryl methyl sites for hydroxylation is 1. The molecular weight excluding hydrogens is 214 g/mol. The van der Waals surface area contributed by atoms with E-state index in [1.54, 1.807) is 6.20 Å². The van der Waals surface area contributed by atoms with Crippen LogP contribution in [0.15, 0.2) is 18.3 Å². The van der Waals surface area contributed by atoms with Gasteiger partial charge in [0.05, 0.1) is 5.41 Å². The van der Waals surface area contributed by atoms with Crippen molar-refractivity contribution in [2.45, 2.75) is 39.2 Å². The number of pyridine rings is 1. The fourth-order valence-corrected chi connectivity index (χ4v) is 2.34. The Morgan fingerprint density at radius 2 is 2.41 bits per heavy atom. The number of nitrogens with one attached hydrogen (secondary N) is 1. The first-order chi connectivity index (χ1) is 8.02. The third kappa shape index (κ3) is 2.31. The SMILES string of the molecule is Cc1ccnc(NC(=O)C2(C)CCCC2N)c1. The standard InChI is InChI=1S/C13H19N3O/c1-9-5-7-15-11(8-9)16-12(17)13(2)6-3-4-10(13)14/h5,7-8,10H,3-4,6,14H2,1-2H3,(H,15,16,17). The van der Waals surface area contributed by atoms with Crippen LogP contribution >= 0.6 is 0 Å². The zero-order chi connectivity index (χ0) is 12.5. The lowest BCUT2D eigenvalue weighted by Gasteiger charge is -2.27. The third-order valence-corrected chi connectivity index (χ3v) is 3.71. The summed E-state index contributed by atoms with van der Waals surface area (Å²) in [6, 6.07) is 3.72. The third-order valence-electron chi connectivity index (χ3n) is 3.71. The molecule has 4 heteroatoms. The second-order valence-electron chi connectivity index (χ2n) is 5.09. The van der Waals surface area contributed by atoms with Gasteiger partial charge in [0.1, 0.15) is 5.82 Å². The Hall–Kier alpha value is -1.42. The fourth-order valence-electron chi connectivity index (χ4n) is 2.34. The summed E-state index contributed by atoms with van der Waals surface area (Å²) in [5, 5.41) is 2.87. The van der Waals surface area contributed by atoms with Gasteiger partial charge in [-0.1, -0.05) is 6.42 Å². The molecule has 1 fully saturated rings. The average molecular weight is 233 g/mol. The van der Waals surface area contributed by atoms with E-state index in [2.05, 4.69) is 10.3 Å². The highest BCUT2D eigenvalue weighted by atomic mass is 16.2. The van der Waals surface area contributed by atoms with Crippen LogP contribution in [0.5, 0.6) is 0 Å². The molecule has 1 saturated carbocycles. The second-order valence-corrected chi connectivity index (χ2v) is 5.09. The van der Waals surface area contributed by atoms with Gasteiger partial charge in [0.2, 0.25) is 5.91 Å². The largest absolute Gasteiger partial charge is 0.327 e. The maximum Gasteiger partial charge on any atom is 0.233 e. The molecule has 1 aliphatic carbocycles. The second kappa shape index (κ2) is 4.45. The van der Waals surface area contributed by atoms with Gasteiger partial charge < -0.3 is 11.1 Å². The van der Waals surface area contributed by atoms with Crippen LogP contribution in [0.25, 0.3) is 0 Å². The van der Waals surface area contributed by atoms with Gasteiger partial charge >= 0.3 is 0 Å². The molecule has 1 aliphatic rings. The van der Waals surface area contributed by atoms with Gasteiger partial charge in [-0.05, 0) is 44.4 Å². The van der Waals surface area contributed by atoms with Gasteiger partial charge in [-0.2, -0.15) is 0 Å². The highest BCUT2D eigenvalue weighted by molar-refractivity contribution is 5.95. The van der Waals surface area contributed by atoms with Gasteiger partial charge in [-0.15, -0.1) is 0 Å². The Morgan fingerprint density at radius 1 is 1.65 bits per heavy atom. The summed E-state index contributed by atoms with van der Waals surface area (Å²) in [4.78, 5) is 16.4. The van der Waals surface area contributed by atoms with Crippen molar-refractivity contribution in [2.24, 2.45) is 11.1 Å². The van der Waals surface area contributed by atoms with Crippen molar-refractivity contribution in [1.82, 2.24) is 4.98 Å². The predicted octanol–water partition coefficient (Wildman–Crippen LogP) is 1.85. The number of nitrogens with zero attached hydrogens (tertiary/aromatic N) is 1. The Morgan fingerprint density at radius 3 is 3.00 bits per heavy atom. The molecule has 1 heterocycles. The highest BCUT2D eigenvalue weighted by Gasteiger charge is 2.43. The zero-order valence-corrected chi connectivity index (χ0v) is 10.4. The molecule has 3 N–H and O–H groups in total. The Labute approximate surface area is 102 Å². The normalized spacial score (nSPS) is 28.1. The molecule has 0 spiro atoms. The number of carbonyl (C=O) groups is 1. The lowest BCUT2D eigenvalue weighted by atomic mass is 9.84. The lowest BCUT2D eigenvalue weighted by Crippen LogP contribution is -2.44. The summed E-state index contributed by atoms with van der Waals surface area (Å²) in [5.41, 5.74) is 6.64. The Balaban J connectivity index is 2.12. The van der Waals surface area contributed by atoms with E-state index >= 15 is 0 Å². The van der Waals surface area contributed by atoms with Crippen molar-refractivity contribution >= 4 is 11.7 Å². The Bertz CT molecular complexity index is 432. The van der Waals surface area contributed by atoms with Gasteiger partial charge in [-0.25, -0.2) is 4.98 Å². The summed E-state index contributed by atoms with van der Waals surface area (Å²) in [5.74, 6) is 0.593. The fraction of sp³-hybridized carbons (Fsp3) is 0.538. The molecule has 0 saturated heterocycles. The van der Waals surface area contributed by atoms with Crippen molar-refractivity contribution in [1.29, 1.82) is 0 Å². The molecule has 0 radical (unpaired) electrons. The van der Waals surface area contributed by atoms with E-state index < -0.39 is 5.41 Å². The van der Waals surface area contributed by atoms with Crippen LogP contribution in [0.2, 0.25) is 0 Å². The smallest absolute Gasteiger partial charge is 0.233 e. The highest BCUT2D eigenvalue weighted by Crippen LogP contribution is 2.37. The molecule has 1 aromatic heterocycles.